The van der Waals surface area contributed by atoms with Crippen molar-refractivity contribution in [3.8, 4) is 0 Å². The van der Waals surface area contributed by atoms with Gasteiger partial charge in [0, 0.05) is 30.1 Å². The van der Waals surface area contributed by atoms with Crippen LogP contribution in [0.25, 0.3) is 0 Å². The lowest BCUT2D eigenvalue weighted by Crippen LogP contribution is -2.51. The maximum absolute atomic E-state index is 12.7. The molecule has 0 spiro atoms. The van der Waals surface area contributed by atoms with Crippen LogP contribution in [0.4, 0.5) is 0 Å². The smallest absolute Gasteiger partial charge is 0.244 e. The van der Waals surface area contributed by atoms with Crippen molar-refractivity contribution < 1.29 is 8.42 Å². The number of nitrogens with zero attached hydrogens (tertiary/aromatic N) is 2. The molecular formula is C13H16BrClN2O2S. The topological polar surface area (TPSA) is 40.6 Å². The highest BCUT2D eigenvalue weighted by atomic mass is 79.9. The van der Waals surface area contributed by atoms with E-state index in [2.05, 4.69) is 20.8 Å². The van der Waals surface area contributed by atoms with Crippen molar-refractivity contribution in [1.82, 2.24) is 9.21 Å². The zero-order valence-electron chi connectivity index (χ0n) is 10.9. The van der Waals surface area contributed by atoms with Crippen LogP contribution in [0.3, 0.4) is 0 Å². The van der Waals surface area contributed by atoms with Gasteiger partial charge in [0.25, 0.3) is 0 Å². The number of rotatable bonds is 2. The van der Waals surface area contributed by atoms with Crippen LogP contribution < -0.4 is 0 Å². The van der Waals surface area contributed by atoms with Gasteiger partial charge in [0.1, 0.15) is 4.90 Å². The van der Waals surface area contributed by atoms with E-state index in [1.807, 2.05) is 0 Å². The van der Waals surface area contributed by atoms with Gasteiger partial charge in [-0.2, -0.15) is 4.31 Å². The second-order valence-electron chi connectivity index (χ2n) is 5.27. The van der Waals surface area contributed by atoms with Crippen LogP contribution in [-0.2, 0) is 10.0 Å². The molecule has 0 aliphatic carbocycles. The summed E-state index contributed by atoms with van der Waals surface area (Å²) >= 11 is 9.39. The lowest BCUT2D eigenvalue weighted by molar-refractivity contribution is 0.158. The molecule has 1 unspecified atom stereocenters. The summed E-state index contributed by atoms with van der Waals surface area (Å²) in [6.07, 6.45) is 2.25. The van der Waals surface area contributed by atoms with E-state index in [4.69, 9.17) is 11.6 Å². The third-order valence-electron chi connectivity index (χ3n) is 4.06. The van der Waals surface area contributed by atoms with Gasteiger partial charge in [0.05, 0.1) is 5.02 Å². The van der Waals surface area contributed by atoms with Crippen molar-refractivity contribution >= 4 is 37.6 Å². The highest BCUT2D eigenvalue weighted by molar-refractivity contribution is 9.10. The molecule has 2 aliphatic rings. The Labute approximate surface area is 132 Å². The number of hydrogen-bond donors (Lipinski definition) is 0. The maximum atomic E-state index is 12.7. The molecule has 0 aromatic heterocycles. The van der Waals surface area contributed by atoms with Crippen molar-refractivity contribution in [1.29, 1.82) is 0 Å². The number of hydrogen-bond acceptors (Lipinski definition) is 3. The average Bonchev–Trinajstić information content (AvgIpc) is 2.85. The van der Waals surface area contributed by atoms with Crippen LogP contribution in [0.5, 0.6) is 0 Å². The van der Waals surface area contributed by atoms with Crippen LogP contribution in [0.2, 0.25) is 5.02 Å². The molecule has 20 heavy (non-hydrogen) atoms. The van der Waals surface area contributed by atoms with E-state index in [1.165, 1.54) is 0 Å². The molecule has 0 radical (unpaired) electrons. The summed E-state index contributed by atoms with van der Waals surface area (Å²) in [4.78, 5) is 2.59. The molecule has 2 saturated heterocycles. The lowest BCUT2D eigenvalue weighted by Gasteiger charge is -2.36. The minimum atomic E-state index is -3.49. The first-order chi connectivity index (χ1) is 9.48. The molecule has 0 bridgehead atoms. The number of piperazine rings is 1. The molecule has 2 aliphatic heterocycles. The van der Waals surface area contributed by atoms with Gasteiger partial charge in [-0.25, -0.2) is 8.42 Å². The summed E-state index contributed by atoms with van der Waals surface area (Å²) in [5.74, 6) is 0. The van der Waals surface area contributed by atoms with Gasteiger partial charge in [-0.1, -0.05) is 27.5 Å². The Morgan fingerprint density at radius 2 is 2.05 bits per heavy atom. The van der Waals surface area contributed by atoms with Crippen molar-refractivity contribution in [2.45, 2.75) is 23.8 Å². The van der Waals surface area contributed by atoms with Gasteiger partial charge in [0.2, 0.25) is 10.0 Å². The zero-order chi connectivity index (χ0) is 14.3. The van der Waals surface area contributed by atoms with Crippen molar-refractivity contribution in [2.75, 3.05) is 26.2 Å². The Bertz CT molecular complexity index is 623. The minimum Gasteiger partial charge on any atom is -0.298 e. The zero-order valence-corrected chi connectivity index (χ0v) is 14.1. The molecule has 2 heterocycles. The summed E-state index contributed by atoms with van der Waals surface area (Å²) in [6, 6.07) is 5.28. The molecule has 1 aromatic carbocycles. The van der Waals surface area contributed by atoms with E-state index in [0.29, 0.717) is 19.1 Å². The molecule has 0 saturated carbocycles. The monoisotopic (exact) mass is 378 g/mol. The maximum Gasteiger partial charge on any atom is 0.244 e. The minimum absolute atomic E-state index is 0.203. The standard InChI is InChI=1S/C13H16BrClN2O2S/c14-10-3-4-13(12(15)8-10)20(18,19)17-7-6-16-5-1-2-11(16)9-17/h3-4,8,11H,1-2,5-7,9H2. The average molecular weight is 380 g/mol. The van der Waals surface area contributed by atoms with Gasteiger partial charge < -0.3 is 0 Å². The molecule has 7 heteroatoms. The molecule has 2 fully saturated rings. The quantitative estimate of drug-likeness (QED) is 0.793. The van der Waals surface area contributed by atoms with E-state index in [0.717, 1.165) is 30.4 Å². The second-order valence-corrected chi connectivity index (χ2v) is 8.50. The van der Waals surface area contributed by atoms with Crippen molar-refractivity contribution in [2.24, 2.45) is 0 Å². The molecular weight excluding hydrogens is 364 g/mol. The van der Waals surface area contributed by atoms with Gasteiger partial charge in [-0.3, -0.25) is 4.90 Å². The summed E-state index contributed by atoms with van der Waals surface area (Å²) in [5, 5.41) is 0.272. The first kappa shape index (κ1) is 14.8. The van der Waals surface area contributed by atoms with Crippen LogP contribution in [0.1, 0.15) is 12.8 Å². The summed E-state index contributed by atoms with van der Waals surface area (Å²) in [6.45, 7) is 3.04. The van der Waals surface area contributed by atoms with Gasteiger partial charge >= 0.3 is 0 Å². The second kappa shape index (κ2) is 5.57. The molecule has 1 aromatic rings. The molecule has 3 rings (SSSR count). The van der Waals surface area contributed by atoms with Crippen molar-refractivity contribution in [3.63, 3.8) is 0 Å². The Morgan fingerprint density at radius 3 is 2.80 bits per heavy atom. The van der Waals surface area contributed by atoms with Gasteiger partial charge in [-0.15, -0.1) is 0 Å². The third-order valence-corrected chi connectivity index (χ3v) is 6.90. The molecule has 0 amide bonds. The highest BCUT2D eigenvalue weighted by Crippen LogP contribution is 2.30. The van der Waals surface area contributed by atoms with E-state index in [1.54, 1.807) is 22.5 Å². The Balaban J connectivity index is 1.88. The van der Waals surface area contributed by atoms with Crippen molar-refractivity contribution in [3.05, 3.63) is 27.7 Å². The normalized spacial score (nSPS) is 24.8. The van der Waals surface area contributed by atoms with E-state index in [9.17, 15) is 8.42 Å². The Morgan fingerprint density at radius 1 is 1.25 bits per heavy atom. The summed E-state index contributed by atoms with van der Waals surface area (Å²) in [5.41, 5.74) is 0. The number of halogens is 2. The third kappa shape index (κ3) is 2.64. The lowest BCUT2D eigenvalue weighted by atomic mass is 10.2. The van der Waals surface area contributed by atoms with Crippen LogP contribution in [0, 0.1) is 0 Å². The van der Waals surface area contributed by atoms with Crippen LogP contribution >= 0.6 is 27.5 Å². The number of sulfonamides is 1. The summed E-state index contributed by atoms with van der Waals surface area (Å²) in [7, 11) is -3.49. The largest absolute Gasteiger partial charge is 0.298 e. The fraction of sp³-hybridized carbons (Fsp3) is 0.538. The van der Waals surface area contributed by atoms with E-state index < -0.39 is 10.0 Å². The Kier molecular flexibility index (Phi) is 4.12. The fourth-order valence-corrected chi connectivity index (χ4v) is 5.48. The van der Waals surface area contributed by atoms with Crippen LogP contribution in [-0.4, -0.2) is 49.8 Å². The predicted octanol–water partition coefficient (Wildman–Crippen LogP) is 2.57. The first-order valence-corrected chi connectivity index (χ1v) is 9.29. The number of benzene rings is 1. The highest BCUT2D eigenvalue weighted by Gasteiger charge is 2.36. The number of fused-ring (bicyclic) bond motifs is 1. The van der Waals surface area contributed by atoms with Crippen LogP contribution in [0.15, 0.2) is 27.6 Å². The van der Waals surface area contributed by atoms with Gasteiger partial charge in [-0.05, 0) is 37.6 Å². The molecule has 110 valence electrons. The molecule has 1 atom stereocenters. The SMILES string of the molecule is O=S(=O)(c1ccc(Br)cc1Cl)N1CCN2CCCC2C1. The Hall–Kier alpha value is -0.140. The molecule has 4 nitrogen and oxygen atoms in total. The van der Waals surface area contributed by atoms with E-state index in [-0.39, 0.29) is 9.92 Å². The van der Waals surface area contributed by atoms with E-state index >= 15 is 0 Å². The van der Waals surface area contributed by atoms with Gasteiger partial charge in [0.15, 0.2) is 0 Å². The predicted molar refractivity (Wildman–Crippen MR) is 82.5 cm³/mol. The fourth-order valence-electron chi connectivity index (χ4n) is 3.00. The summed E-state index contributed by atoms with van der Waals surface area (Å²) < 4.78 is 27.8. The first-order valence-electron chi connectivity index (χ1n) is 6.68. The molecule has 0 N–H and O–H groups in total.